The first kappa shape index (κ1) is 12.5. The molecule has 18 heavy (non-hydrogen) atoms. The lowest BCUT2D eigenvalue weighted by atomic mass is 10.1. The van der Waals surface area contributed by atoms with Crippen molar-refractivity contribution in [3.05, 3.63) is 57.8 Å². The highest BCUT2D eigenvalue weighted by Gasteiger charge is 2.15. The van der Waals surface area contributed by atoms with Crippen LogP contribution in [0.4, 0.5) is 0 Å². The van der Waals surface area contributed by atoms with Crippen molar-refractivity contribution >= 4 is 23.1 Å². The van der Waals surface area contributed by atoms with Crippen LogP contribution in [0.5, 0.6) is 0 Å². The molecule has 0 aliphatic rings. The summed E-state index contributed by atoms with van der Waals surface area (Å²) in [6, 6.07) is 10.6. The molecule has 1 heterocycles. The van der Waals surface area contributed by atoms with E-state index in [-0.39, 0.29) is 11.8 Å². The van der Waals surface area contributed by atoms with E-state index in [1.807, 2.05) is 18.2 Å². The van der Waals surface area contributed by atoms with Crippen LogP contribution in [0, 0.1) is 0 Å². The molecule has 0 spiro atoms. The summed E-state index contributed by atoms with van der Waals surface area (Å²) in [5.74, 6) is -0.461. The maximum atomic E-state index is 12.1. The molecule has 92 valence electrons. The van der Waals surface area contributed by atoms with E-state index in [9.17, 15) is 9.59 Å². The maximum Gasteiger partial charge on any atom is 0.348 e. The van der Waals surface area contributed by atoms with E-state index in [0.29, 0.717) is 22.6 Å². The minimum atomic E-state index is -0.380. The molecule has 0 saturated carbocycles. The fourth-order valence-electron chi connectivity index (χ4n) is 1.52. The monoisotopic (exact) mass is 260 g/mol. The summed E-state index contributed by atoms with van der Waals surface area (Å²) in [7, 11) is 0. The van der Waals surface area contributed by atoms with Crippen LogP contribution in [-0.2, 0) is 4.74 Å². The molecule has 3 nitrogen and oxygen atoms in total. The third-order valence-electron chi connectivity index (χ3n) is 2.37. The van der Waals surface area contributed by atoms with E-state index in [0.717, 1.165) is 0 Å². The molecule has 0 aliphatic heterocycles. The van der Waals surface area contributed by atoms with E-state index in [2.05, 4.69) is 0 Å². The van der Waals surface area contributed by atoms with Crippen LogP contribution < -0.4 is 0 Å². The van der Waals surface area contributed by atoms with Crippen molar-refractivity contribution in [3.63, 3.8) is 0 Å². The number of thiophene rings is 1. The number of ether oxygens (including phenoxy) is 1. The molecule has 0 unspecified atom stereocenters. The standard InChI is InChI=1S/C14H12O3S/c1-2-17-14(16)12-8-11(9-18-12)13(15)10-6-4-3-5-7-10/h3-9H,2H2,1H3. The third-order valence-corrected chi connectivity index (χ3v) is 3.28. The van der Waals surface area contributed by atoms with Gasteiger partial charge in [0.15, 0.2) is 5.78 Å². The van der Waals surface area contributed by atoms with Crippen molar-refractivity contribution in [3.8, 4) is 0 Å². The van der Waals surface area contributed by atoms with E-state index in [1.165, 1.54) is 11.3 Å². The number of hydrogen-bond acceptors (Lipinski definition) is 4. The number of hydrogen-bond donors (Lipinski definition) is 0. The number of carbonyl (C=O) groups is 2. The van der Waals surface area contributed by atoms with E-state index < -0.39 is 0 Å². The molecule has 0 atom stereocenters. The lowest BCUT2D eigenvalue weighted by molar-refractivity contribution is 0.0532. The van der Waals surface area contributed by atoms with Crippen LogP contribution >= 0.6 is 11.3 Å². The first-order valence-corrected chi connectivity index (χ1v) is 6.45. The molecule has 0 aliphatic carbocycles. The molecule has 0 N–H and O–H groups in total. The Balaban J connectivity index is 2.20. The van der Waals surface area contributed by atoms with Gasteiger partial charge in [0.1, 0.15) is 4.88 Å². The normalized spacial score (nSPS) is 10.1. The Kier molecular flexibility index (Phi) is 3.89. The predicted octanol–water partition coefficient (Wildman–Crippen LogP) is 3.16. The number of carbonyl (C=O) groups excluding carboxylic acids is 2. The van der Waals surface area contributed by atoms with Crippen molar-refractivity contribution in [2.75, 3.05) is 6.61 Å². The molecular formula is C14H12O3S. The van der Waals surface area contributed by atoms with Gasteiger partial charge in [-0.2, -0.15) is 0 Å². The Morgan fingerprint density at radius 1 is 1.17 bits per heavy atom. The largest absolute Gasteiger partial charge is 0.462 e. The van der Waals surface area contributed by atoms with Crippen LogP contribution in [-0.4, -0.2) is 18.4 Å². The molecule has 0 radical (unpaired) electrons. The molecule has 1 aromatic carbocycles. The van der Waals surface area contributed by atoms with Crippen molar-refractivity contribution < 1.29 is 14.3 Å². The van der Waals surface area contributed by atoms with E-state index in [1.54, 1.807) is 30.5 Å². The third kappa shape index (κ3) is 2.65. The van der Waals surface area contributed by atoms with Crippen LogP contribution in [0.2, 0.25) is 0 Å². The molecule has 0 amide bonds. The predicted molar refractivity (Wildman–Crippen MR) is 70.2 cm³/mol. The van der Waals surface area contributed by atoms with Crippen molar-refractivity contribution in [2.45, 2.75) is 6.92 Å². The van der Waals surface area contributed by atoms with Gasteiger partial charge in [-0.1, -0.05) is 30.3 Å². The molecule has 1 aromatic heterocycles. The van der Waals surface area contributed by atoms with E-state index >= 15 is 0 Å². The van der Waals surface area contributed by atoms with Gasteiger partial charge in [0.25, 0.3) is 0 Å². The van der Waals surface area contributed by atoms with Crippen LogP contribution in [0.1, 0.15) is 32.5 Å². The maximum absolute atomic E-state index is 12.1. The van der Waals surface area contributed by atoms with Gasteiger partial charge in [-0.25, -0.2) is 4.79 Å². The fraction of sp³-hybridized carbons (Fsp3) is 0.143. The Bertz CT molecular complexity index is 557. The average Bonchev–Trinajstić information content (AvgIpc) is 2.89. The highest BCUT2D eigenvalue weighted by molar-refractivity contribution is 7.12. The van der Waals surface area contributed by atoms with Crippen LogP contribution in [0.25, 0.3) is 0 Å². The molecule has 0 bridgehead atoms. The summed E-state index contributed by atoms with van der Waals surface area (Å²) in [6.45, 7) is 2.08. The number of benzene rings is 1. The van der Waals surface area contributed by atoms with Gasteiger partial charge in [-0.3, -0.25) is 4.79 Å². The first-order chi connectivity index (χ1) is 8.72. The summed E-state index contributed by atoms with van der Waals surface area (Å²) in [5.41, 5.74) is 1.14. The summed E-state index contributed by atoms with van der Waals surface area (Å²) < 4.78 is 4.89. The van der Waals surface area contributed by atoms with Gasteiger partial charge in [0.2, 0.25) is 0 Å². The zero-order valence-corrected chi connectivity index (χ0v) is 10.7. The summed E-state index contributed by atoms with van der Waals surface area (Å²) in [5, 5.41) is 1.68. The number of ketones is 1. The summed E-state index contributed by atoms with van der Waals surface area (Å²) >= 11 is 1.23. The summed E-state index contributed by atoms with van der Waals surface area (Å²) in [4.78, 5) is 24.0. The molecule has 2 rings (SSSR count). The van der Waals surface area contributed by atoms with Crippen molar-refractivity contribution in [2.24, 2.45) is 0 Å². The molecule has 2 aromatic rings. The molecule has 4 heteroatoms. The molecule has 0 saturated heterocycles. The van der Waals surface area contributed by atoms with Gasteiger partial charge >= 0.3 is 5.97 Å². The number of rotatable bonds is 4. The smallest absolute Gasteiger partial charge is 0.348 e. The quantitative estimate of drug-likeness (QED) is 0.626. The number of esters is 1. The van der Waals surface area contributed by atoms with Crippen LogP contribution in [0.15, 0.2) is 41.8 Å². The fourth-order valence-corrected chi connectivity index (χ4v) is 2.30. The van der Waals surface area contributed by atoms with Crippen molar-refractivity contribution in [1.29, 1.82) is 0 Å². The molecular weight excluding hydrogens is 248 g/mol. The van der Waals surface area contributed by atoms with Gasteiger partial charge in [-0.15, -0.1) is 11.3 Å². The Morgan fingerprint density at radius 3 is 2.56 bits per heavy atom. The Hall–Kier alpha value is -1.94. The Morgan fingerprint density at radius 2 is 1.89 bits per heavy atom. The van der Waals surface area contributed by atoms with Crippen molar-refractivity contribution in [1.82, 2.24) is 0 Å². The van der Waals surface area contributed by atoms with E-state index in [4.69, 9.17) is 4.74 Å². The minimum Gasteiger partial charge on any atom is -0.462 e. The molecule has 0 fully saturated rings. The summed E-state index contributed by atoms with van der Waals surface area (Å²) in [6.07, 6.45) is 0. The highest BCUT2D eigenvalue weighted by atomic mass is 32.1. The second-order valence-electron chi connectivity index (χ2n) is 3.62. The van der Waals surface area contributed by atoms with Crippen LogP contribution in [0.3, 0.4) is 0 Å². The van der Waals surface area contributed by atoms with Gasteiger partial charge in [0.05, 0.1) is 6.61 Å². The lowest BCUT2D eigenvalue weighted by Crippen LogP contribution is -2.03. The van der Waals surface area contributed by atoms with Gasteiger partial charge in [-0.05, 0) is 13.0 Å². The zero-order chi connectivity index (χ0) is 13.0. The van der Waals surface area contributed by atoms with Gasteiger partial charge in [0, 0.05) is 16.5 Å². The van der Waals surface area contributed by atoms with Gasteiger partial charge < -0.3 is 4.74 Å². The second kappa shape index (κ2) is 5.60. The zero-order valence-electron chi connectivity index (χ0n) is 9.88. The highest BCUT2D eigenvalue weighted by Crippen LogP contribution is 2.19. The second-order valence-corrected chi connectivity index (χ2v) is 4.53. The Labute approximate surface area is 109 Å². The topological polar surface area (TPSA) is 43.4 Å². The SMILES string of the molecule is CCOC(=O)c1cc(C(=O)c2ccccc2)cs1. The minimum absolute atomic E-state index is 0.0811. The first-order valence-electron chi connectivity index (χ1n) is 5.57. The lowest BCUT2D eigenvalue weighted by Gasteiger charge is -1.97. The average molecular weight is 260 g/mol.